The molecule has 0 aliphatic rings. The van der Waals surface area contributed by atoms with Crippen LogP contribution in [0, 0.1) is 0 Å². The highest BCUT2D eigenvalue weighted by atomic mass is 79.9. The minimum Gasteiger partial charge on any atom is -0.496 e. The molecule has 5 heteroatoms. The van der Waals surface area contributed by atoms with Crippen LogP contribution in [-0.2, 0) is 18.0 Å². The van der Waals surface area contributed by atoms with Crippen LogP contribution < -0.4 is 10.1 Å². The van der Waals surface area contributed by atoms with E-state index >= 15 is 0 Å². The van der Waals surface area contributed by atoms with Crippen LogP contribution in [0.5, 0.6) is 5.75 Å². The molecule has 1 amide bonds. The molecule has 0 fully saturated rings. The number of hydrogen-bond acceptors (Lipinski definition) is 3. The van der Waals surface area contributed by atoms with Crippen LogP contribution in [0.3, 0.4) is 0 Å². The van der Waals surface area contributed by atoms with Crippen LogP contribution in [0.25, 0.3) is 0 Å². The van der Waals surface area contributed by atoms with E-state index in [4.69, 9.17) is 9.47 Å². The molecule has 1 N–H and O–H groups in total. The number of rotatable bonds is 7. The fourth-order valence-electron chi connectivity index (χ4n) is 2.64. The molecule has 3 aromatic carbocycles. The molecular formula is C22H20BrNO3. The zero-order valence-electron chi connectivity index (χ0n) is 14.9. The summed E-state index contributed by atoms with van der Waals surface area (Å²) in [4.78, 5) is 12.6. The van der Waals surface area contributed by atoms with Gasteiger partial charge in [0.15, 0.2) is 0 Å². The number of ether oxygens (including phenoxy) is 2. The van der Waals surface area contributed by atoms with Gasteiger partial charge in [-0.25, -0.2) is 0 Å². The number of halogens is 1. The Morgan fingerprint density at radius 2 is 1.70 bits per heavy atom. The Hall–Kier alpha value is -2.63. The zero-order chi connectivity index (χ0) is 19.1. The van der Waals surface area contributed by atoms with Gasteiger partial charge >= 0.3 is 0 Å². The summed E-state index contributed by atoms with van der Waals surface area (Å²) in [6, 6.07) is 22.8. The summed E-state index contributed by atoms with van der Waals surface area (Å²) < 4.78 is 12.0. The van der Waals surface area contributed by atoms with Gasteiger partial charge in [0, 0.05) is 15.6 Å². The first-order chi connectivity index (χ1) is 13.2. The Balaban J connectivity index is 1.70. The normalized spacial score (nSPS) is 10.4. The molecule has 4 nitrogen and oxygen atoms in total. The minimum atomic E-state index is -0.186. The molecule has 0 saturated heterocycles. The largest absolute Gasteiger partial charge is 0.496 e. The van der Waals surface area contributed by atoms with E-state index in [1.165, 1.54) is 0 Å². The molecule has 27 heavy (non-hydrogen) atoms. The van der Waals surface area contributed by atoms with Crippen molar-refractivity contribution in [2.24, 2.45) is 0 Å². The summed E-state index contributed by atoms with van der Waals surface area (Å²) in [5.74, 6) is 0.509. The third-order valence-electron chi connectivity index (χ3n) is 4.03. The van der Waals surface area contributed by atoms with E-state index in [1.807, 2.05) is 54.6 Å². The summed E-state index contributed by atoms with van der Waals surface area (Å²) in [5.41, 5.74) is 3.19. The number of para-hydroxylation sites is 1. The number of nitrogens with one attached hydrogen (secondary N) is 1. The molecule has 0 aromatic heterocycles. The fraction of sp³-hybridized carbons (Fsp3) is 0.136. The summed E-state index contributed by atoms with van der Waals surface area (Å²) in [6.07, 6.45) is 0. The maximum atomic E-state index is 12.6. The Morgan fingerprint density at radius 3 is 2.44 bits per heavy atom. The van der Waals surface area contributed by atoms with Gasteiger partial charge in [-0.2, -0.15) is 0 Å². The predicted octanol–water partition coefficient (Wildman–Crippen LogP) is 5.43. The smallest absolute Gasteiger partial charge is 0.255 e. The molecule has 0 aliphatic carbocycles. The first-order valence-corrected chi connectivity index (χ1v) is 9.31. The number of methoxy groups -OCH3 is 1. The van der Waals surface area contributed by atoms with Gasteiger partial charge in [0.25, 0.3) is 5.91 Å². The van der Waals surface area contributed by atoms with Crippen LogP contribution in [0.2, 0.25) is 0 Å². The minimum absolute atomic E-state index is 0.186. The number of carbonyl (C=O) groups is 1. The van der Waals surface area contributed by atoms with Crippen molar-refractivity contribution in [1.82, 2.24) is 0 Å². The van der Waals surface area contributed by atoms with Crippen LogP contribution >= 0.6 is 15.9 Å². The average molecular weight is 426 g/mol. The van der Waals surface area contributed by atoms with E-state index < -0.39 is 0 Å². The van der Waals surface area contributed by atoms with Gasteiger partial charge in [0.1, 0.15) is 5.75 Å². The zero-order valence-corrected chi connectivity index (χ0v) is 16.5. The molecule has 3 aromatic rings. The van der Waals surface area contributed by atoms with E-state index in [0.29, 0.717) is 24.5 Å². The lowest BCUT2D eigenvalue weighted by Crippen LogP contribution is -2.13. The number of hydrogen-bond donors (Lipinski definition) is 1. The molecule has 0 spiro atoms. The van der Waals surface area contributed by atoms with Crippen molar-refractivity contribution in [3.05, 3.63) is 94.0 Å². The lowest BCUT2D eigenvalue weighted by Gasteiger charge is -2.12. The van der Waals surface area contributed by atoms with Gasteiger partial charge < -0.3 is 14.8 Å². The second kappa shape index (κ2) is 9.35. The van der Waals surface area contributed by atoms with Crippen molar-refractivity contribution < 1.29 is 14.3 Å². The fourth-order valence-corrected chi connectivity index (χ4v) is 3.03. The van der Waals surface area contributed by atoms with Gasteiger partial charge in [-0.15, -0.1) is 0 Å². The molecule has 0 bridgehead atoms. The molecule has 3 rings (SSSR count). The Morgan fingerprint density at radius 1 is 0.963 bits per heavy atom. The van der Waals surface area contributed by atoms with Gasteiger partial charge in [-0.3, -0.25) is 4.79 Å². The summed E-state index contributed by atoms with van der Waals surface area (Å²) >= 11 is 3.44. The lowest BCUT2D eigenvalue weighted by atomic mass is 10.1. The van der Waals surface area contributed by atoms with Crippen molar-refractivity contribution in [2.75, 3.05) is 12.4 Å². The van der Waals surface area contributed by atoms with Crippen LogP contribution in [-0.4, -0.2) is 13.0 Å². The molecule has 0 saturated carbocycles. The number of carbonyl (C=O) groups excluding carboxylic acids is 1. The molecule has 0 atom stereocenters. The number of benzene rings is 3. The van der Waals surface area contributed by atoms with Crippen molar-refractivity contribution in [2.45, 2.75) is 13.2 Å². The maximum absolute atomic E-state index is 12.6. The van der Waals surface area contributed by atoms with Crippen molar-refractivity contribution in [3.63, 3.8) is 0 Å². The first kappa shape index (κ1) is 19.1. The Bertz CT molecular complexity index is 912. The molecular weight excluding hydrogens is 406 g/mol. The summed E-state index contributed by atoms with van der Waals surface area (Å²) in [7, 11) is 1.61. The molecule has 0 aliphatic heterocycles. The van der Waals surface area contributed by atoms with E-state index in [0.717, 1.165) is 21.3 Å². The van der Waals surface area contributed by atoms with Gasteiger partial charge in [-0.05, 0) is 51.8 Å². The van der Waals surface area contributed by atoms with Crippen molar-refractivity contribution in [3.8, 4) is 5.75 Å². The van der Waals surface area contributed by atoms with Gasteiger partial charge in [0.05, 0.1) is 26.0 Å². The van der Waals surface area contributed by atoms with E-state index in [1.54, 1.807) is 25.3 Å². The van der Waals surface area contributed by atoms with Crippen LogP contribution in [0.1, 0.15) is 21.5 Å². The lowest BCUT2D eigenvalue weighted by molar-refractivity contribution is 0.102. The first-order valence-electron chi connectivity index (χ1n) is 8.52. The summed E-state index contributed by atoms with van der Waals surface area (Å²) in [6.45, 7) is 0.853. The predicted molar refractivity (Wildman–Crippen MR) is 110 cm³/mol. The maximum Gasteiger partial charge on any atom is 0.255 e. The SMILES string of the molecule is COc1ccc(C(=O)Nc2ccccc2Br)cc1COCc1ccccc1. The monoisotopic (exact) mass is 425 g/mol. The standard InChI is InChI=1S/C22H20BrNO3/c1-26-21-12-11-17(22(25)24-20-10-6-5-9-19(20)23)13-18(21)15-27-14-16-7-3-2-4-8-16/h2-13H,14-15H2,1H3,(H,24,25). The Labute approximate surface area is 167 Å². The number of amides is 1. The van der Waals surface area contributed by atoms with Crippen LogP contribution in [0.4, 0.5) is 5.69 Å². The van der Waals surface area contributed by atoms with Gasteiger partial charge in [0.2, 0.25) is 0 Å². The Kier molecular flexibility index (Phi) is 6.63. The highest BCUT2D eigenvalue weighted by Gasteiger charge is 2.12. The highest BCUT2D eigenvalue weighted by molar-refractivity contribution is 9.10. The third-order valence-corrected chi connectivity index (χ3v) is 4.73. The second-order valence-electron chi connectivity index (χ2n) is 5.94. The quantitative estimate of drug-likeness (QED) is 0.548. The van der Waals surface area contributed by atoms with Crippen molar-refractivity contribution in [1.29, 1.82) is 0 Å². The second-order valence-corrected chi connectivity index (χ2v) is 6.79. The molecule has 0 radical (unpaired) electrons. The highest BCUT2D eigenvalue weighted by Crippen LogP contribution is 2.24. The van der Waals surface area contributed by atoms with E-state index in [9.17, 15) is 4.79 Å². The number of anilines is 1. The third kappa shape index (κ3) is 5.18. The van der Waals surface area contributed by atoms with Crippen LogP contribution in [0.15, 0.2) is 77.3 Å². The van der Waals surface area contributed by atoms with E-state index in [2.05, 4.69) is 21.2 Å². The summed E-state index contributed by atoms with van der Waals surface area (Å²) in [5, 5.41) is 2.91. The van der Waals surface area contributed by atoms with E-state index in [-0.39, 0.29) is 5.91 Å². The van der Waals surface area contributed by atoms with Crippen molar-refractivity contribution >= 4 is 27.5 Å². The topological polar surface area (TPSA) is 47.6 Å². The molecule has 0 unspecified atom stereocenters. The molecule has 0 heterocycles. The molecule has 138 valence electrons. The average Bonchev–Trinajstić information content (AvgIpc) is 2.70. The van der Waals surface area contributed by atoms with Gasteiger partial charge in [-0.1, -0.05) is 42.5 Å².